The van der Waals surface area contributed by atoms with Gasteiger partial charge < -0.3 is 19.4 Å². The van der Waals surface area contributed by atoms with Crippen LogP contribution >= 0.6 is 0 Å². The Hall–Kier alpha value is -3.53. The molecule has 0 aliphatic rings. The molecule has 2 heterocycles. The monoisotopic (exact) mass is 322 g/mol. The lowest BCUT2D eigenvalue weighted by Crippen LogP contribution is -2.12. The van der Waals surface area contributed by atoms with Gasteiger partial charge in [-0.1, -0.05) is 12.1 Å². The quantitative estimate of drug-likeness (QED) is 0.436. The Bertz CT molecular complexity index is 942. The van der Waals surface area contributed by atoms with Crippen LogP contribution in [0.2, 0.25) is 0 Å². The van der Waals surface area contributed by atoms with Gasteiger partial charge in [0, 0.05) is 13.2 Å². The van der Waals surface area contributed by atoms with Crippen molar-refractivity contribution in [1.29, 1.82) is 5.26 Å². The largest absolute Gasteiger partial charge is 0.507 e. The van der Waals surface area contributed by atoms with Gasteiger partial charge in [-0.25, -0.2) is 9.78 Å². The number of aryl methyl sites for hydroxylation is 1. The van der Waals surface area contributed by atoms with Crippen molar-refractivity contribution in [2.45, 2.75) is 0 Å². The molecule has 0 unspecified atom stereocenters. The summed E-state index contributed by atoms with van der Waals surface area (Å²) < 4.78 is 6.65. The maximum Gasteiger partial charge on any atom is 0.355 e. The summed E-state index contributed by atoms with van der Waals surface area (Å²) in [6.07, 6.45) is 1.71. The minimum atomic E-state index is -0.587. The van der Waals surface area contributed by atoms with Crippen molar-refractivity contribution in [2.75, 3.05) is 6.61 Å². The number of hydrogen-bond acceptors (Lipinski definition) is 5. The molecular formula is C17H14N4O3. The number of aliphatic hydroxyl groups excluding tert-OH is 1. The Balaban J connectivity index is 1.81. The highest BCUT2D eigenvalue weighted by Gasteiger charge is 2.16. The maximum absolute atomic E-state index is 11.9. The number of aromatic nitrogens is 3. The number of para-hydroxylation sites is 2. The third-order valence-electron chi connectivity index (χ3n) is 3.52. The first kappa shape index (κ1) is 15.4. The van der Waals surface area contributed by atoms with Crippen molar-refractivity contribution in [1.82, 2.24) is 14.5 Å². The van der Waals surface area contributed by atoms with Crippen molar-refractivity contribution >= 4 is 22.6 Å². The molecule has 3 rings (SSSR count). The van der Waals surface area contributed by atoms with E-state index < -0.39 is 12.6 Å². The molecule has 0 saturated carbocycles. The number of rotatable bonds is 4. The summed E-state index contributed by atoms with van der Waals surface area (Å²) in [7, 11) is 1.71. The van der Waals surface area contributed by atoms with Crippen molar-refractivity contribution in [3.63, 3.8) is 0 Å². The second kappa shape index (κ2) is 6.30. The van der Waals surface area contributed by atoms with Gasteiger partial charge in [0.2, 0.25) is 0 Å². The number of esters is 1. The number of nitrogens with one attached hydrogen (secondary N) is 1. The summed E-state index contributed by atoms with van der Waals surface area (Å²) >= 11 is 0. The summed E-state index contributed by atoms with van der Waals surface area (Å²) in [5.74, 6) is -0.721. The van der Waals surface area contributed by atoms with Crippen LogP contribution in [0, 0.1) is 11.3 Å². The van der Waals surface area contributed by atoms with E-state index in [0.29, 0.717) is 11.2 Å². The molecule has 0 atom stereocenters. The van der Waals surface area contributed by atoms with E-state index in [4.69, 9.17) is 4.74 Å². The summed E-state index contributed by atoms with van der Waals surface area (Å²) in [4.78, 5) is 19.1. The molecule has 7 heteroatoms. The molecule has 0 fully saturated rings. The molecule has 0 aliphatic heterocycles. The summed E-state index contributed by atoms with van der Waals surface area (Å²) in [6, 6.07) is 12.5. The van der Waals surface area contributed by atoms with Gasteiger partial charge in [-0.05, 0) is 24.3 Å². The van der Waals surface area contributed by atoms with E-state index in [-0.39, 0.29) is 17.2 Å². The molecule has 120 valence electrons. The summed E-state index contributed by atoms with van der Waals surface area (Å²) in [5, 5.41) is 19.4. The van der Waals surface area contributed by atoms with Gasteiger partial charge in [0.25, 0.3) is 0 Å². The number of carbonyl (C=O) groups excluding carboxylic acids is 1. The smallest absolute Gasteiger partial charge is 0.355 e. The van der Waals surface area contributed by atoms with Crippen LogP contribution in [-0.2, 0) is 11.8 Å². The number of aliphatic hydroxyl groups is 1. The molecule has 0 bridgehead atoms. The van der Waals surface area contributed by atoms with Crippen LogP contribution in [0.3, 0.4) is 0 Å². The van der Waals surface area contributed by atoms with Crippen LogP contribution in [0.25, 0.3) is 16.6 Å². The third kappa shape index (κ3) is 2.85. The zero-order valence-corrected chi connectivity index (χ0v) is 12.9. The van der Waals surface area contributed by atoms with E-state index in [1.165, 1.54) is 0 Å². The lowest BCUT2D eigenvalue weighted by atomic mass is 10.2. The minimum absolute atomic E-state index is 0.0640. The highest BCUT2D eigenvalue weighted by atomic mass is 16.5. The number of benzene rings is 1. The zero-order chi connectivity index (χ0) is 17.1. The number of nitriles is 1. The van der Waals surface area contributed by atoms with Gasteiger partial charge in [0.1, 0.15) is 23.9 Å². The van der Waals surface area contributed by atoms with Gasteiger partial charge in [-0.15, -0.1) is 0 Å². The number of hydrogen-bond donors (Lipinski definition) is 2. The van der Waals surface area contributed by atoms with Crippen LogP contribution in [0.1, 0.15) is 16.3 Å². The second-order valence-electron chi connectivity index (χ2n) is 5.12. The first-order valence-corrected chi connectivity index (χ1v) is 7.16. The Morgan fingerprint density at radius 1 is 1.38 bits per heavy atom. The van der Waals surface area contributed by atoms with E-state index in [1.54, 1.807) is 36.0 Å². The Morgan fingerprint density at radius 2 is 2.17 bits per heavy atom. The van der Waals surface area contributed by atoms with Crippen LogP contribution in [0.4, 0.5) is 0 Å². The number of fused-ring (bicyclic) bond motifs is 1. The predicted molar refractivity (Wildman–Crippen MR) is 87.0 cm³/mol. The van der Waals surface area contributed by atoms with Gasteiger partial charge >= 0.3 is 5.97 Å². The van der Waals surface area contributed by atoms with Crippen LogP contribution in [0.5, 0.6) is 0 Å². The Kier molecular flexibility index (Phi) is 4.03. The fraction of sp³-hybridized carbons (Fsp3) is 0.118. The fourth-order valence-corrected chi connectivity index (χ4v) is 2.28. The Labute approximate surface area is 137 Å². The first-order valence-electron chi connectivity index (χ1n) is 7.16. The second-order valence-corrected chi connectivity index (χ2v) is 5.12. The van der Waals surface area contributed by atoms with E-state index in [9.17, 15) is 15.2 Å². The molecule has 0 aliphatic carbocycles. The van der Waals surface area contributed by atoms with Crippen LogP contribution in [-0.4, -0.2) is 32.2 Å². The maximum atomic E-state index is 11.9. The molecule has 24 heavy (non-hydrogen) atoms. The number of aromatic amines is 1. The van der Waals surface area contributed by atoms with E-state index in [0.717, 1.165) is 5.52 Å². The van der Waals surface area contributed by atoms with Gasteiger partial charge in [-0.3, -0.25) is 0 Å². The van der Waals surface area contributed by atoms with Crippen molar-refractivity contribution in [2.24, 2.45) is 7.05 Å². The molecule has 0 amide bonds. The number of ether oxygens (including phenoxy) is 1. The number of carbonyl (C=O) groups is 1. The van der Waals surface area contributed by atoms with Crippen LogP contribution < -0.4 is 0 Å². The fourth-order valence-electron chi connectivity index (χ4n) is 2.28. The average Bonchev–Trinajstić information content (AvgIpc) is 3.19. The molecule has 2 N–H and O–H groups in total. The molecule has 0 saturated heterocycles. The highest BCUT2D eigenvalue weighted by molar-refractivity contribution is 5.88. The number of nitrogens with zero attached hydrogens (tertiary/aromatic N) is 3. The van der Waals surface area contributed by atoms with Crippen LogP contribution in [0.15, 0.2) is 48.4 Å². The molecule has 1 aromatic carbocycles. The number of allylic oxidation sites excluding steroid dienone is 1. The van der Waals surface area contributed by atoms with E-state index in [2.05, 4.69) is 9.97 Å². The average molecular weight is 322 g/mol. The summed E-state index contributed by atoms with van der Waals surface area (Å²) in [5.41, 5.74) is 1.71. The SMILES string of the molecule is Cn1cccc1C(=O)OC/C(O)=C(\C#N)c1nc2ccccc2[nH]1. The van der Waals surface area contributed by atoms with E-state index in [1.807, 2.05) is 24.3 Å². The van der Waals surface area contributed by atoms with Crippen molar-refractivity contribution in [3.05, 3.63) is 59.9 Å². The normalized spacial score (nSPS) is 11.8. The van der Waals surface area contributed by atoms with E-state index >= 15 is 0 Å². The van der Waals surface area contributed by atoms with Gasteiger partial charge in [0.15, 0.2) is 11.6 Å². The minimum Gasteiger partial charge on any atom is -0.507 e. The third-order valence-corrected chi connectivity index (χ3v) is 3.52. The van der Waals surface area contributed by atoms with Crippen molar-refractivity contribution < 1.29 is 14.6 Å². The molecule has 0 radical (unpaired) electrons. The highest BCUT2D eigenvalue weighted by Crippen LogP contribution is 2.19. The van der Waals surface area contributed by atoms with Gasteiger partial charge in [-0.2, -0.15) is 5.26 Å². The molecule has 7 nitrogen and oxygen atoms in total. The lowest BCUT2D eigenvalue weighted by molar-refractivity contribution is 0.0492. The summed E-state index contributed by atoms with van der Waals surface area (Å²) in [6.45, 7) is -0.413. The predicted octanol–water partition coefficient (Wildman–Crippen LogP) is 2.55. The molecule has 0 spiro atoms. The number of H-pyrrole nitrogens is 1. The molecular weight excluding hydrogens is 308 g/mol. The number of imidazole rings is 1. The molecule has 3 aromatic rings. The lowest BCUT2D eigenvalue weighted by Gasteiger charge is -2.06. The standard InChI is InChI=1S/C17H14N4O3/c1-21-8-4-7-14(21)17(23)24-10-15(22)11(9-18)16-19-12-5-2-3-6-13(12)20-16/h2-8,22H,10H2,1H3,(H,19,20)/b15-11-. The topological polar surface area (TPSA) is 104 Å². The molecule has 2 aromatic heterocycles. The zero-order valence-electron chi connectivity index (χ0n) is 12.9. The van der Waals surface area contributed by atoms with Gasteiger partial charge in [0.05, 0.1) is 11.0 Å². The van der Waals surface area contributed by atoms with Crippen molar-refractivity contribution in [3.8, 4) is 6.07 Å². The Morgan fingerprint density at radius 3 is 2.83 bits per heavy atom. The first-order chi connectivity index (χ1) is 11.6.